The monoisotopic (exact) mass is 357 g/mol. The molecule has 0 spiro atoms. The molecular formula is C15H14BrClFNO. The average molecular weight is 359 g/mol. The zero-order chi connectivity index (χ0) is 14.5. The van der Waals surface area contributed by atoms with Gasteiger partial charge in [0, 0.05) is 27.8 Å². The van der Waals surface area contributed by atoms with Crippen molar-refractivity contribution >= 4 is 33.2 Å². The summed E-state index contributed by atoms with van der Waals surface area (Å²) in [6.45, 7) is 2.82. The lowest BCUT2D eigenvalue weighted by molar-refractivity contribution is 0.321. The van der Waals surface area contributed by atoms with Crippen molar-refractivity contribution in [3.8, 4) is 5.75 Å². The van der Waals surface area contributed by atoms with Gasteiger partial charge in [-0.05, 0) is 42.8 Å². The first-order valence-electron chi connectivity index (χ1n) is 6.20. The van der Waals surface area contributed by atoms with E-state index in [1.54, 1.807) is 12.1 Å². The molecule has 0 heterocycles. The number of rotatable bonds is 5. The summed E-state index contributed by atoms with van der Waals surface area (Å²) in [4.78, 5) is 0. The number of ether oxygens (including phenoxy) is 1. The van der Waals surface area contributed by atoms with Crippen molar-refractivity contribution in [2.75, 3.05) is 11.9 Å². The Hall–Kier alpha value is -1.26. The summed E-state index contributed by atoms with van der Waals surface area (Å²) in [6.07, 6.45) is 0. The third-order valence-corrected chi connectivity index (χ3v) is 3.73. The number of hydrogen-bond donors (Lipinski definition) is 1. The van der Waals surface area contributed by atoms with Crippen molar-refractivity contribution in [3.05, 3.63) is 57.3 Å². The third-order valence-electron chi connectivity index (χ3n) is 2.72. The van der Waals surface area contributed by atoms with Crippen molar-refractivity contribution in [2.24, 2.45) is 0 Å². The van der Waals surface area contributed by atoms with Crippen LogP contribution in [0.2, 0.25) is 5.02 Å². The van der Waals surface area contributed by atoms with Gasteiger partial charge in [-0.2, -0.15) is 0 Å². The van der Waals surface area contributed by atoms with E-state index in [9.17, 15) is 4.39 Å². The highest BCUT2D eigenvalue weighted by Crippen LogP contribution is 2.24. The van der Waals surface area contributed by atoms with Crippen LogP contribution in [0.4, 0.5) is 10.1 Å². The molecule has 0 saturated carbocycles. The molecule has 0 fully saturated rings. The van der Waals surface area contributed by atoms with Crippen LogP contribution in [-0.4, -0.2) is 6.61 Å². The van der Waals surface area contributed by atoms with Crippen LogP contribution in [-0.2, 0) is 6.54 Å². The Morgan fingerprint density at radius 2 is 2.05 bits per heavy atom. The topological polar surface area (TPSA) is 21.3 Å². The van der Waals surface area contributed by atoms with Crippen LogP contribution in [0.15, 0.2) is 40.9 Å². The van der Waals surface area contributed by atoms with E-state index >= 15 is 0 Å². The van der Waals surface area contributed by atoms with E-state index in [0.29, 0.717) is 23.9 Å². The highest BCUT2D eigenvalue weighted by atomic mass is 79.9. The van der Waals surface area contributed by atoms with Crippen LogP contribution in [0.3, 0.4) is 0 Å². The summed E-state index contributed by atoms with van der Waals surface area (Å²) in [6, 6.07) is 10.4. The Labute approximate surface area is 131 Å². The quantitative estimate of drug-likeness (QED) is 0.788. The predicted molar refractivity (Wildman–Crippen MR) is 84.0 cm³/mol. The summed E-state index contributed by atoms with van der Waals surface area (Å²) in [5, 5.41) is 3.82. The highest BCUT2D eigenvalue weighted by Gasteiger charge is 2.05. The van der Waals surface area contributed by atoms with Crippen LogP contribution in [0.1, 0.15) is 12.5 Å². The smallest absolute Gasteiger partial charge is 0.167 e. The molecule has 0 bridgehead atoms. The zero-order valence-electron chi connectivity index (χ0n) is 10.9. The van der Waals surface area contributed by atoms with Gasteiger partial charge in [0.2, 0.25) is 0 Å². The Balaban J connectivity index is 2.07. The highest BCUT2D eigenvalue weighted by molar-refractivity contribution is 9.10. The van der Waals surface area contributed by atoms with E-state index in [2.05, 4.69) is 21.2 Å². The molecule has 0 aliphatic carbocycles. The van der Waals surface area contributed by atoms with Gasteiger partial charge in [0.05, 0.1) is 6.61 Å². The minimum atomic E-state index is -0.373. The minimum Gasteiger partial charge on any atom is -0.491 e. The van der Waals surface area contributed by atoms with Gasteiger partial charge in [-0.1, -0.05) is 27.5 Å². The Morgan fingerprint density at radius 1 is 1.25 bits per heavy atom. The normalized spacial score (nSPS) is 10.4. The number of benzene rings is 2. The maximum Gasteiger partial charge on any atom is 0.167 e. The fourth-order valence-corrected chi connectivity index (χ4v) is 2.34. The Morgan fingerprint density at radius 3 is 2.75 bits per heavy atom. The van der Waals surface area contributed by atoms with Gasteiger partial charge in [0.15, 0.2) is 11.6 Å². The molecule has 1 N–H and O–H groups in total. The molecule has 0 amide bonds. The van der Waals surface area contributed by atoms with Crippen LogP contribution < -0.4 is 10.1 Å². The van der Waals surface area contributed by atoms with E-state index in [1.807, 2.05) is 25.1 Å². The van der Waals surface area contributed by atoms with Crippen molar-refractivity contribution in [2.45, 2.75) is 13.5 Å². The molecule has 2 aromatic rings. The first kappa shape index (κ1) is 15.1. The molecule has 20 heavy (non-hydrogen) atoms. The molecule has 0 aliphatic rings. The lowest BCUT2D eigenvalue weighted by Gasteiger charge is -2.10. The molecule has 2 rings (SSSR count). The Bertz CT molecular complexity index is 606. The van der Waals surface area contributed by atoms with Gasteiger partial charge in [-0.15, -0.1) is 0 Å². The summed E-state index contributed by atoms with van der Waals surface area (Å²) in [7, 11) is 0. The van der Waals surface area contributed by atoms with E-state index < -0.39 is 0 Å². The van der Waals surface area contributed by atoms with Crippen molar-refractivity contribution in [1.29, 1.82) is 0 Å². The van der Waals surface area contributed by atoms with Crippen LogP contribution in [0.25, 0.3) is 0 Å². The molecule has 2 nitrogen and oxygen atoms in total. The Kier molecular flexibility index (Phi) is 5.26. The van der Waals surface area contributed by atoms with Crippen molar-refractivity contribution < 1.29 is 9.13 Å². The van der Waals surface area contributed by atoms with Gasteiger partial charge < -0.3 is 10.1 Å². The third kappa shape index (κ3) is 3.87. The van der Waals surface area contributed by atoms with Crippen LogP contribution in [0.5, 0.6) is 5.75 Å². The van der Waals surface area contributed by atoms with E-state index in [1.165, 1.54) is 6.07 Å². The lowest BCUT2D eigenvalue weighted by atomic mass is 10.2. The number of anilines is 1. The predicted octanol–water partition coefficient (Wildman–Crippen LogP) is 5.25. The van der Waals surface area contributed by atoms with Crippen LogP contribution in [0, 0.1) is 5.82 Å². The zero-order valence-corrected chi connectivity index (χ0v) is 13.3. The molecule has 0 atom stereocenters. The first-order valence-corrected chi connectivity index (χ1v) is 7.37. The molecule has 106 valence electrons. The number of nitrogens with one attached hydrogen (secondary N) is 1. The van der Waals surface area contributed by atoms with Gasteiger partial charge in [0.1, 0.15) is 0 Å². The second-order valence-corrected chi connectivity index (χ2v) is 5.46. The summed E-state index contributed by atoms with van der Waals surface area (Å²) < 4.78 is 19.8. The minimum absolute atomic E-state index is 0.266. The number of hydrogen-bond acceptors (Lipinski definition) is 2. The molecule has 0 unspecified atom stereocenters. The summed E-state index contributed by atoms with van der Waals surface area (Å²) in [5.41, 5.74) is 1.70. The first-order chi connectivity index (χ1) is 9.60. The maximum absolute atomic E-state index is 13.7. The van der Waals surface area contributed by atoms with E-state index in [-0.39, 0.29) is 11.6 Å². The second kappa shape index (κ2) is 6.95. The van der Waals surface area contributed by atoms with Gasteiger partial charge in [-0.25, -0.2) is 4.39 Å². The standard InChI is InChI=1S/C15H14BrClFNO/c1-2-20-15-6-4-12(8-14(15)18)19-9-10-7-11(17)3-5-13(10)16/h3-8,19H,2,9H2,1H3. The molecule has 2 aromatic carbocycles. The van der Waals surface area contributed by atoms with E-state index in [4.69, 9.17) is 16.3 Å². The average Bonchev–Trinajstić information content (AvgIpc) is 2.43. The van der Waals surface area contributed by atoms with Gasteiger partial charge in [0.25, 0.3) is 0 Å². The summed E-state index contributed by atoms with van der Waals surface area (Å²) >= 11 is 9.41. The summed E-state index contributed by atoms with van der Waals surface area (Å²) in [5.74, 6) is -0.107. The van der Waals surface area contributed by atoms with Crippen LogP contribution >= 0.6 is 27.5 Å². The molecule has 0 aliphatic heterocycles. The van der Waals surface area contributed by atoms with Crippen molar-refractivity contribution in [1.82, 2.24) is 0 Å². The molecular weight excluding hydrogens is 345 g/mol. The lowest BCUT2D eigenvalue weighted by Crippen LogP contribution is -2.01. The molecule has 0 aromatic heterocycles. The number of halogens is 3. The second-order valence-electron chi connectivity index (χ2n) is 4.17. The van der Waals surface area contributed by atoms with E-state index in [0.717, 1.165) is 10.0 Å². The fourth-order valence-electron chi connectivity index (χ4n) is 1.76. The molecule has 0 saturated heterocycles. The van der Waals surface area contributed by atoms with Crippen molar-refractivity contribution in [3.63, 3.8) is 0 Å². The van der Waals surface area contributed by atoms with Gasteiger partial charge >= 0.3 is 0 Å². The largest absolute Gasteiger partial charge is 0.491 e. The SMILES string of the molecule is CCOc1ccc(NCc2cc(Cl)ccc2Br)cc1F. The maximum atomic E-state index is 13.7. The molecule has 5 heteroatoms. The fraction of sp³-hybridized carbons (Fsp3) is 0.200. The molecule has 0 radical (unpaired) electrons. The van der Waals surface area contributed by atoms with Gasteiger partial charge in [-0.3, -0.25) is 0 Å².